The molecule has 2 unspecified atom stereocenters. The van der Waals surface area contributed by atoms with Gasteiger partial charge in [-0.15, -0.1) is 0 Å². The number of rotatable bonds is 7. The Morgan fingerprint density at radius 1 is 1.23 bits per heavy atom. The Bertz CT molecular complexity index is 945. The summed E-state index contributed by atoms with van der Waals surface area (Å²) >= 11 is 4.96. The fourth-order valence-electron chi connectivity index (χ4n) is 2.41. The van der Waals surface area contributed by atoms with Gasteiger partial charge in [-0.2, -0.15) is 4.31 Å². The number of aliphatic hydroxyl groups is 2. The first-order chi connectivity index (χ1) is 13.1. The van der Waals surface area contributed by atoms with Gasteiger partial charge in [-0.25, -0.2) is 9.13 Å². The lowest BCUT2D eigenvalue weighted by molar-refractivity contribution is -0.0536. The molecule has 0 saturated carbocycles. The van der Waals surface area contributed by atoms with E-state index in [2.05, 4.69) is 18.3 Å². The molecule has 1 aromatic heterocycles. The van der Waals surface area contributed by atoms with E-state index < -0.39 is 58.0 Å². The second-order valence-corrected chi connectivity index (χ2v) is 10.4. The summed E-state index contributed by atoms with van der Waals surface area (Å²) in [5, 5.41) is 20.3. The zero-order valence-corrected chi connectivity index (χ0v) is 18.9. The van der Waals surface area contributed by atoms with E-state index in [1.807, 2.05) is 0 Å². The summed E-state index contributed by atoms with van der Waals surface area (Å²) in [7, 11) is -10.0. The number of aromatic nitrogens is 2. The quantitative estimate of drug-likeness (QED) is 0.228. The summed E-state index contributed by atoms with van der Waals surface area (Å²) in [5.41, 5.74) is -1.63. The fourth-order valence-corrected chi connectivity index (χ4v) is 5.07. The molecule has 17 heteroatoms. The largest absolute Gasteiger partial charge is 0.481 e. The normalized spacial score (nSPS) is 28.4. The number of nitrogens with one attached hydrogen (secondary N) is 1. The molecule has 0 aliphatic carbocycles. The average Bonchev–Trinajstić information content (AvgIpc) is 2.78. The maximum Gasteiger partial charge on any atom is 0.481 e. The van der Waals surface area contributed by atoms with Crippen LogP contribution in [0.1, 0.15) is 27.0 Å². The first-order valence-electron chi connectivity index (χ1n) is 8.15. The van der Waals surface area contributed by atoms with Crippen LogP contribution in [0.4, 0.5) is 0 Å². The van der Waals surface area contributed by atoms with Crippen molar-refractivity contribution in [2.45, 2.75) is 50.9 Å². The minimum Gasteiger partial charge on any atom is -0.387 e. The molecule has 1 aromatic rings. The van der Waals surface area contributed by atoms with Crippen molar-refractivity contribution in [1.82, 2.24) is 15.7 Å². The summed E-state index contributed by atoms with van der Waals surface area (Å²) in [6.45, 7) is 3.49. The van der Waals surface area contributed by atoms with E-state index in [1.165, 1.54) is 31.5 Å². The van der Waals surface area contributed by atoms with Crippen LogP contribution < -0.4 is 11.7 Å². The molecule has 2 heterocycles. The van der Waals surface area contributed by atoms with Crippen LogP contribution in [0.2, 0.25) is 0 Å². The van der Waals surface area contributed by atoms with E-state index in [1.54, 1.807) is 0 Å². The van der Waals surface area contributed by atoms with E-state index in [0.29, 0.717) is 0 Å². The van der Waals surface area contributed by atoms with Crippen LogP contribution >= 0.6 is 27.9 Å². The highest BCUT2D eigenvalue weighted by atomic mass is 32.1. The van der Waals surface area contributed by atoms with Gasteiger partial charge in [-0.1, -0.05) is 0 Å². The number of hydrogen-bond acceptors (Lipinski definition) is 11. The van der Waals surface area contributed by atoms with Gasteiger partial charge >= 0.3 is 15.6 Å². The number of nitrogens with zero attached hydrogens (tertiary/aromatic N) is 1. The van der Waals surface area contributed by atoms with E-state index in [-0.39, 0.29) is 10.9 Å². The van der Waals surface area contributed by atoms with Crippen LogP contribution in [-0.4, -0.2) is 60.1 Å². The Labute approximate surface area is 176 Å². The van der Waals surface area contributed by atoms with Crippen LogP contribution in [0.15, 0.2) is 17.1 Å². The zero-order chi connectivity index (χ0) is 22.2. The number of hydrogen-bond donors (Lipinski definition) is 6. The lowest BCUT2D eigenvalue weighted by Gasteiger charge is -2.24. The minimum atomic E-state index is -5.09. The van der Waals surface area contributed by atoms with Crippen LogP contribution in [-0.2, 0) is 27.2 Å². The van der Waals surface area contributed by atoms with Crippen molar-refractivity contribution in [3.05, 3.63) is 27.4 Å². The van der Waals surface area contributed by atoms with Gasteiger partial charge in [0, 0.05) is 12.3 Å². The molecule has 8 N–H and O–H groups in total. The number of aromatic amines is 1. The third kappa shape index (κ3) is 7.41. The second kappa shape index (κ2) is 9.77. The highest BCUT2D eigenvalue weighted by Crippen LogP contribution is 2.61. The van der Waals surface area contributed by atoms with Crippen LogP contribution in [0, 0.1) is 4.77 Å². The SMILES string of the molecule is CC(C)(C)OP(=O)(O)OP(=O)(O)OC[C@H]1O[C@@H](n2ccc(=O)[nH]c2=S)[C@H](O)[C@@H]1O.N. The fraction of sp³-hybridized carbons (Fsp3) is 0.692. The molecule has 1 fully saturated rings. The third-order valence-electron chi connectivity index (χ3n) is 3.46. The van der Waals surface area contributed by atoms with Crippen molar-refractivity contribution >= 4 is 27.9 Å². The zero-order valence-electron chi connectivity index (χ0n) is 16.3. The summed E-state index contributed by atoms with van der Waals surface area (Å²) in [6, 6.07) is 1.12. The smallest absolute Gasteiger partial charge is 0.387 e. The molecule has 174 valence electrons. The standard InChI is InChI=1S/C13H22N2O11P2S.H3N/c1-13(2,3)25-28(21,22)26-27(19,20)23-6-7-9(17)10(18)11(24-7)15-5-4-8(16)14-12(15)29;/h4-5,7,9-11,17-18H,6H2,1-3H3,(H,19,20)(H,21,22)(H,14,16,29);1H3/t7-,9-,10-,11-;/m1./s1. The predicted molar refractivity (Wildman–Crippen MR) is 104 cm³/mol. The minimum absolute atomic E-state index is 0. The molecule has 0 bridgehead atoms. The molecule has 0 aromatic carbocycles. The molecule has 2 rings (SSSR count). The summed E-state index contributed by atoms with van der Waals surface area (Å²) < 4.78 is 43.7. The number of phosphoric acid groups is 2. The van der Waals surface area contributed by atoms with E-state index >= 15 is 0 Å². The average molecular weight is 493 g/mol. The molecule has 1 aliphatic rings. The van der Waals surface area contributed by atoms with Crippen molar-refractivity contribution in [2.75, 3.05) is 6.61 Å². The first kappa shape index (κ1) is 27.2. The second-order valence-electron chi connectivity index (χ2n) is 7.08. The van der Waals surface area contributed by atoms with Gasteiger partial charge in [-0.3, -0.25) is 23.4 Å². The molecular weight excluding hydrogens is 468 g/mol. The molecule has 30 heavy (non-hydrogen) atoms. The van der Waals surface area contributed by atoms with Gasteiger partial charge in [0.2, 0.25) is 0 Å². The molecule has 0 amide bonds. The number of H-pyrrole nitrogens is 1. The number of ether oxygens (including phenoxy) is 1. The maximum absolute atomic E-state index is 11.9. The Balaban J connectivity index is 0.00000450. The van der Waals surface area contributed by atoms with Gasteiger partial charge in [0.15, 0.2) is 11.0 Å². The monoisotopic (exact) mass is 493 g/mol. The Hall–Kier alpha value is -0.800. The van der Waals surface area contributed by atoms with Crippen molar-refractivity contribution < 1.29 is 47.2 Å². The maximum atomic E-state index is 11.9. The summed E-state index contributed by atoms with van der Waals surface area (Å²) in [6.07, 6.45) is -4.41. The van der Waals surface area contributed by atoms with E-state index in [4.69, 9.17) is 17.0 Å². The van der Waals surface area contributed by atoms with Crippen LogP contribution in [0.3, 0.4) is 0 Å². The van der Waals surface area contributed by atoms with Crippen molar-refractivity contribution in [1.29, 1.82) is 0 Å². The van der Waals surface area contributed by atoms with Gasteiger partial charge in [0.25, 0.3) is 5.56 Å². The Kier molecular flexibility index (Phi) is 8.87. The van der Waals surface area contributed by atoms with Crippen molar-refractivity contribution in [2.24, 2.45) is 0 Å². The topological polar surface area (TPSA) is 225 Å². The Morgan fingerprint density at radius 3 is 2.37 bits per heavy atom. The van der Waals surface area contributed by atoms with Crippen molar-refractivity contribution in [3.8, 4) is 0 Å². The van der Waals surface area contributed by atoms with Gasteiger partial charge in [-0.05, 0) is 33.0 Å². The van der Waals surface area contributed by atoms with Crippen molar-refractivity contribution in [3.63, 3.8) is 0 Å². The Morgan fingerprint density at radius 2 is 1.83 bits per heavy atom. The van der Waals surface area contributed by atoms with Gasteiger partial charge < -0.3 is 30.9 Å². The summed E-state index contributed by atoms with van der Waals surface area (Å²) in [5.74, 6) is 0. The first-order valence-corrected chi connectivity index (χ1v) is 11.6. The highest BCUT2D eigenvalue weighted by molar-refractivity contribution is 7.71. The molecule has 1 aliphatic heterocycles. The predicted octanol–water partition coefficient (Wildman–Crippen LogP) is 0.736. The lowest BCUT2D eigenvalue weighted by Crippen LogP contribution is -2.34. The van der Waals surface area contributed by atoms with Gasteiger partial charge in [0.1, 0.15) is 18.3 Å². The number of phosphoric ester groups is 2. The molecular formula is C13H25N3O11P2S. The van der Waals surface area contributed by atoms with E-state index in [0.717, 1.165) is 6.07 Å². The van der Waals surface area contributed by atoms with Crippen LogP contribution in [0.25, 0.3) is 0 Å². The molecule has 6 atom stereocenters. The molecule has 0 spiro atoms. The van der Waals surface area contributed by atoms with E-state index in [9.17, 15) is 33.9 Å². The van der Waals surface area contributed by atoms with Gasteiger partial charge in [0.05, 0.1) is 12.2 Å². The molecule has 0 radical (unpaired) electrons. The van der Waals surface area contributed by atoms with Crippen LogP contribution in [0.5, 0.6) is 0 Å². The third-order valence-corrected chi connectivity index (χ3v) is 6.68. The highest BCUT2D eigenvalue weighted by Gasteiger charge is 2.46. The number of aliphatic hydroxyl groups excluding tert-OH is 2. The summed E-state index contributed by atoms with van der Waals surface area (Å²) in [4.78, 5) is 32.8. The molecule has 1 saturated heterocycles. The lowest BCUT2D eigenvalue weighted by atomic mass is 10.1. The molecule has 14 nitrogen and oxygen atoms in total.